The van der Waals surface area contributed by atoms with E-state index in [9.17, 15) is 9.59 Å². The van der Waals surface area contributed by atoms with Gasteiger partial charge in [0.15, 0.2) is 0 Å². The number of hydrogen-bond acceptors (Lipinski definition) is 2. The van der Waals surface area contributed by atoms with E-state index in [-0.39, 0.29) is 18.5 Å². The first-order valence-electron chi connectivity index (χ1n) is 8.02. The topological polar surface area (TPSA) is 69.6 Å². The molecule has 1 unspecified atom stereocenters. The molecule has 0 aliphatic carbocycles. The third kappa shape index (κ3) is 5.27. The molecule has 128 valence electrons. The highest BCUT2D eigenvalue weighted by Gasteiger charge is 2.19. The number of amides is 2. The van der Waals surface area contributed by atoms with Crippen molar-refractivity contribution >= 4 is 17.7 Å². The van der Waals surface area contributed by atoms with Crippen LogP contribution in [0.2, 0.25) is 0 Å². The maximum Gasteiger partial charge on any atom is 0.321 e. The van der Waals surface area contributed by atoms with Crippen LogP contribution in [0.3, 0.4) is 0 Å². The molecule has 23 heavy (non-hydrogen) atoms. The van der Waals surface area contributed by atoms with Crippen LogP contribution in [0.1, 0.15) is 57.6 Å². The zero-order valence-electron chi connectivity index (χ0n) is 14.9. The van der Waals surface area contributed by atoms with Crippen molar-refractivity contribution in [3.63, 3.8) is 0 Å². The molecule has 0 radical (unpaired) electrons. The lowest BCUT2D eigenvalue weighted by Crippen LogP contribution is -2.36. The summed E-state index contributed by atoms with van der Waals surface area (Å²) < 4.78 is 0. The number of carbonyl (C=O) groups is 2. The minimum absolute atomic E-state index is 0.169. The predicted octanol–water partition coefficient (Wildman–Crippen LogP) is 4.12. The average Bonchev–Trinajstić information content (AvgIpc) is 2.46. The molecule has 0 spiro atoms. The number of hydrogen-bond donors (Lipinski definition) is 2. The van der Waals surface area contributed by atoms with Gasteiger partial charge in [-0.3, -0.25) is 4.79 Å². The van der Waals surface area contributed by atoms with Gasteiger partial charge in [0.05, 0.1) is 5.92 Å². The van der Waals surface area contributed by atoms with E-state index < -0.39 is 11.9 Å². The maximum absolute atomic E-state index is 12.3. The van der Waals surface area contributed by atoms with Crippen LogP contribution >= 0.6 is 0 Å². The molecule has 5 heteroatoms. The van der Waals surface area contributed by atoms with Gasteiger partial charge in [0.25, 0.3) is 0 Å². The van der Waals surface area contributed by atoms with Gasteiger partial charge in [-0.2, -0.15) is 0 Å². The minimum Gasteiger partial charge on any atom is -0.481 e. The van der Waals surface area contributed by atoms with Gasteiger partial charge in [-0.15, -0.1) is 0 Å². The quantitative estimate of drug-likeness (QED) is 0.828. The molecule has 2 amide bonds. The Hall–Kier alpha value is -2.04. The van der Waals surface area contributed by atoms with Crippen molar-refractivity contribution < 1.29 is 14.7 Å². The Balaban J connectivity index is 2.91. The van der Waals surface area contributed by atoms with Crippen LogP contribution in [0.5, 0.6) is 0 Å². The van der Waals surface area contributed by atoms with Gasteiger partial charge in [0.2, 0.25) is 0 Å². The number of anilines is 1. The number of benzene rings is 1. The van der Waals surface area contributed by atoms with Gasteiger partial charge < -0.3 is 15.3 Å². The first kappa shape index (κ1) is 19.0. The molecule has 1 aromatic rings. The van der Waals surface area contributed by atoms with E-state index >= 15 is 0 Å². The molecule has 5 nitrogen and oxygen atoms in total. The number of carboxylic acid groups (broad SMARTS) is 1. The van der Waals surface area contributed by atoms with Crippen molar-refractivity contribution in [2.45, 2.75) is 46.5 Å². The fourth-order valence-corrected chi connectivity index (χ4v) is 2.31. The monoisotopic (exact) mass is 320 g/mol. The lowest BCUT2D eigenvalue weighted by atomic mass is 9.94. The van der Waals surface area contributed by atoms with E-state index in [0.29, 0.717) is 5.92 Å². The van der Waals surface area contributed by atoms with Crippen LogP contribution in [0.25, 0.3) is 0 Å². The second kappa shape index (κ2) is 7.99. The number of aliphatic carboxylic acids is 1. The van der Waals surface area contributed by atoms with Gasteiger partial charge in [-0.1, -0.05) is 46.8 Å². The number of urea groups is 1. The molecule has 0 bridgehead atoms. The van der Waals surface area contributed by atoms with Gasteiger partial charge in [0, 0.05) is 19.3 Å². The Bertz CT molecular complexity index is 567. The second-order valence-electron chi connectivity index (χ2n) is 6.71. The van der Waals surface area contributed by atoms with E-state index in [2.05, 4.69) is 39.1 Å². The zero-order chi connectivity index (χ0) is 17.7. The lowest BCUT2D eigenvalue weighted by Gasteiger charge is -2.22. The van der Waals surface area contributed by atoms with Crippen LogP contribution in [0, 0.1) is 5.92 Å². The van der Waals surface area contributed by atoms with Crippen molar-refractivity contribution in [1.82, 2.24) is 4.90 Å². The fraction of sp³-hybridized carbons (Fsp3) is 0.556. The fourth-order valence-electron chi connectivity index (χ4n) is 2.31. The SMILES string of the molecule is CC(CN(C)C(=O)Nc1ccc(C(C)C)cc1C(C)C)C(=O)O. The molecule has 0 aromatic heterocycles. The first-order chi connectivity index (χ1) is 10.6. The van der Waals surface area contributed by atoms with E-state index in [1.807, 2.05) is 12.1 Å². The highest BCUT2D eigenvalue weighted by atomic mass is 16.4. The normalized spacial score (nSPS) is 12.3. The number of nitrogens with one attached hydrogen (secondary N) is 1. The van der Waals surface area contributed by atoms with E-state index in [4.69, 9.17) is 5.11 Å². The maximum atomic E-state index is 12.3. The molecule has 1 rings (SSSR count). The van der Waals surface area contributed by atoms with Crippen molar-refractivity contribution in [2.75, 3.05) is 18.9 Å². The summed E-state index contributed by atoms with van der Waals surface area (Å²) in [5, 5.41) is 11.8. The van der Waals surface area contributed by atoms with Crippen molar-refractivity contribution in [3.8, 4) is 0 Å². The number of nitrogens with zero attached hydrogens (tertiary/aromatic N) is 1. The van der Waals surface area contributed by atoms with Gasteiger partial charge in [-0.25, -0.2) is 4.79 Å². The van der Waals surface area contributed by atoms with Crippen LogP contribution < -0.4 is 5.32 Å². The number of rotatable bonds is 6. The summed E-state index contributed by atoms with van der Waals surface area (Å²) in [6, 6.07) is 5.78. The summed E-state index contributed by atoms with van der Waals surface area (Å²) in [6.07, 6.45) is 0. The molecule has 0 saturated heterocycles. The van der Waals surface area contributed by atoms with E-state index in [1.54, 1.807) is 14.0 Å². The molecule has 0 heterocycles. The summed E-state index contributed by atoms with van der Waals surface area (Å²) >= 11 is 0. The van der Waals surface area contributed by atoms with Gasteiger partial charge in [-0.05, 0) is 29.0 Å². The predicted molar refractivity (Wildman–Crippen MR) is 93.1 cm³/mol. The molecule has 0 aliphatic rings. The van der Waals surface area contributed by atoms with Crippen molar-refractivity contribution in [1.29, 1.82) is 0 Å². The van der Waals surface area contributed by atoms with Crippen LogP contribution in [0.15, 0.2) is 18.2 Å². The Labute approximate surface area is 138 Å². The highest BCUT2D eigenvalue weighted by Crippen LogP contribution is 2.28. The summed E-state index contributed by atoms with van der Waals surface area (Å²) in [7, 11) is 1.60. The van der Waals surface area contributed by atoms with Crippen LogP contribution in [-0.2, 0) is 4.79 Å². The second-order valence-corrected chi connectivity index (χ2v) is 6.71. The van der Waals surface area contributed by atoms with Gasteiger partial charge in [0.1, 0.15) is 0 Å². The van der Waals surface area contributed by atoms with Gasteiger partial charge >= 0.3 is 12.0 Å². The van der Waals surface area contributed by atoms with Crippen LogP contribution in [-0.4, -0.2) is 35.6 Å². The Morgan fingerprint density at radius 2 is 1.74 bits per heavy atom. The van der Waals surface area contributed by atoms with Crippen LogP contribution in [0.4, 0.5) is 10.5 Å². The molecule has 1 aromatic carbocycles. The molecule has 0 fully saturated rings. The first-order valence-corrected chi connectivity index (χ1v) is 8.02. The number of carbonyl (C=O) groups excluding carboxylic acids is 1. The third-order valence-corrected chi connectivity index (χ3v) is 3.92. The summed E-state index contributed by atoms with van der Waals surface area (Å²) in [4.78, 5) is 24.6. The molecular weight excluding hydrogens is 292 g/mol. The molecule has 0 saturated carbocycles. The standard InChI is InChI=1S/C18H28N2O3/c1-11(2)14-7-8-16(15(9-14)12(3)4)19-18(23)20(6)10-13(5)17(21)22/h7-9,11-13H,10H2,1-6H3,(H,19,23)(H,21,22). The summed E-state index contributed by atoms with van der Waals surface area (Å²) in [5.74, 6) is -0.795. The molecular formula is C18H28N2O3. The molecule has 0 aliphatic heterocycles. The Morgan fingerprint density at radius 3 is 2.22 bits per heavy atom. The Morgan fingerprint density at radius 1 is 1.13 bits per heavy atom. The third-order valence-electron chi connectivity index (χ3n) is 3.92. The van der Waals surface area contributed by atoms with Crippen molar-refractivity contribution in [2.24, 2.45) is 5.92 Å². The smallest absolute Gasteiger partial charge is 0.321 e. The van der Waals surface area contributed by atoms with E-state index in [0.717, 1.165) is 11.3 Å². The number of carboxylic acids is 1. The van der Waals surface area contributed by atoms with E-state index in [1.165, 1.54) is 10.5 Å². The molecule has 1 atom stereocenters. The minimum atomic E-state index is -0.909. The molecule has 2 N–H and O–H groups in total. The average molecular weight is 320 g/mol. The highest BCUT2D eigenvalue weighted by molar-refractivity contribution is 5.90. The Kier molecular flexibility index (Phi) is 6.61. The largest absolute Gasteiger partial charge is 0.481 e. The summed E-state index contributed by atoms with van der Waals surface area (Å²) in [5.41, 5.74) is 3.10. The summed E-state index contributed by atoms with van der Waals surface area (Å²) in [6.45, 7) is 10.2. The lowest BCUT2D eigenvalue weighted by molar-refractivity contribution is -0.141. The zero-order valence-corrected chi connectivity index (χ0v) is 14.9. The van der Waals surface area contributed by atoms with Crippen molar-refractivity contribution in [3.05, 3.63) is 29.3 Å².